The van der Waals surface area contributed by atoms with Gasteiger partial charge in [-0.05, 0) is 94.0 Å². The molecule has 2 spiro atoms. The normalized spacial score (nSPS) is 41.4. The number of methoxy groups -OCH3 is 1. The van der Waals surface area contributed by atoms with E-state index in [1.165, 1.54) is 30.5 Å². The van der Waals surface area contributed by atoms with E-state index in [2.05, 4.69) is 43.7 Å². The van der Waals surface area contributed by atoms with Gasteiger partial charge in [0, 0.05) is 66.9 Å². The smallest absolute Gasteiger partial charge is 0.316 e. The van der Waals surface area contributed by atoms with E-state index in [-0.39, 0.29) is 52.7 Å². The first-order valence-corrected chi connectivity index (χ1v) is 21.5. The molecule has 12 rings (SSSR count). The van der Waals surface area contributed by atoms with Crippen molar-refractivity contribution in [2.75, 3.05) is 33.9 Å². The molecular weight excluding hydrogens is 709 g/mol. The highest BCUT2D eigenvalue weighted by Gasteiger charge is 2.82. The monoisotopic (exact) mass is 770 g/mol. The van der Waals surface area contributed by atoms with Gasteiger partial charge < -0.3 is 34.3 Å². The first kappa shape index (κ1) is 37.5. The van der Waals surface area contributed by atoms with E-state index < -0.39 is 17.1 Å². The molecule has 4 saturated heterocycles. The zero-order chi connectivity index (χ0) is 39.2. The number of phenols is 1. The van der Waals surface area contributed by atoms with Crippen molar-refractivity contribution in [2.45, 2.75) is 151 Å². The summed E-state index contributed by atoms with van der Waals surface area (Å²) in [6.45, 7) is 10.6. The summed E-state index contributed by atoms with van der Waals surface area (Å²) < 4.78 is 24.8. The number of carbonyl (C=O) groups excluding carboxylic acids is 1. The Kier molecular flexibility index (Phi) is 8.47. The summed E-state index contributed by atoms with van der Waals surface area (Å²) in [5.74, 6) is 0.887. The zero-order valence-electron chi connectivity index (χ0n) is 34.1. The second-order valence-corrected chi connectivity index (χ2v) is 20.3. The Balaban J connectivity index is 0.000000151. The Bertz CT molecular complexity index is 1860. The summed E-state index contributed by atoms with van der Waals surface area (Å²) >= 11 is 0. The van der Waals surface area contributed by atoms with Gasteiger partial charge >= 0.3 is 5.97 Å². The second kappa shape index (κ2) is 12.6. The third-order valence-corrected chi connectivity index (χ3v) is 17.2. The van der Waals surface area contributed by atoms with Gasteiger partial charge in [0.15, 0.2) is 11.5 Å². The standard InChI is InChI=1S/C29H41NO4.C17H21NO4/c1-25(2,3)26(4,32)20-15-27-10-11-29(20,33-5)24-28(27)12-13-30(16-17-6-7-17)21(27)14-18-8-9-19(31)23(34-24)22(18)28;1-18-13-7-11(8-14(18)16-15(13)22-16)21-17(20)12(9-19)10-5-3-2-4-6-10/h8-9,17,20-21,24,31-32H,6-7,10-16H2,1-5H3;2-6,11-16,19H,7-9H2,1H3/t20-,21-,24-,26+,27-,28+,29+;11-,12-,13-,14+,15-,16+/m11/s1. The molecular formula is C46H62N2O8. The van der Waals surface area contributed by atoms with E-state index in [0.717, 1.165) is 63.0 Å². The lowest BCUT2D eigenvalue weighted by molar-refractivity contribution is -0.312. The SMILES string of the molecule is CN1[C@@H]2C[C@@H](OC(=O)[C@H](CO)c3ccccc3)C[C@H]1[C@@H]1O[C@@H]12.CO[C@@]12CC[C@@]3(C[C@@H]1[C@](C)(O)C(C)(C)C)[C@H]1Cc4ccc(O)c5c4[C@@]3(CCN1CC1CC1)[C@H]2O5. The highest BCUT2D eigenvalue weighted by Crippen LogP contribution is 2.78. The molecule has 2 aromatic rings. The van der Waals surface area contributed by atoms with Gasteiger partial charge in [0.05, 0.1) is 12.2 Å². The van der Waals surface area contributed by atoms with E-state index in [9.17, 15) is 20.1 Å². The molecule has 10 aliphatic rings. The Labute approximate surface area is 331 Å². The molecule has 0 aromatic heterocycles. The number of likely N-dealkylation sites (tertiary alicyclic amines) is 1. The Hall–Kier alpha value is -2.73. The van der Waals surface area contributed by atoms with Crippen molar-refractivity contribution >= 4 is 5.97 Å². The third-order valence-electron chi connectivity index (χ3n) is 17.2. The van der Waals surface area contributed by atoms with Gasteiger partial charge in [-0.1, -0.05) is 57.2 Å². The number of nitrogens with zero attached hydrogens (tertiary/aromatic N) is 2. The minimum absolute atomic E-state index is 0.0294. The lowest BCUT2D eigenvalue weighted by Crippen LogP contribution is -2.83. The van der Waals surface area contributed by atoms with Gasteiger partial charge in [0.25, 0.3) is 0 Å². The maximum Gasteiger partial charge on any atom is 0.316 e. The van der Waals surface area contributed by atoms with Gasteiger partial charge in [-0.3, -0.25) is 14.6 Å². The number of esters is 1. The summed E-state index contributed by atoms with van der Waals surface area (Å²) in [6, 6.07) is 14.5. The number of epoxide rings is 1. The number of ether oxygens (including phenoxy) is 4. The average Bonchev–Trinajstić information content (AvgIpc) is 4.10. The van der Waals surface area contributed by atoms with Crippen LogP contribution in [-0.4, -0.2) is 119 Å². The number of benzene rings is 2. The van der Waals surface area contributed by atoms with Crippen LogP contribution in [0.5, 0.6) is 11.5 Å². The Morgan fingerprint density at radius 2 is 1.73 bits per heavy atom. The number of aliphatic hydroxyl groups excluding tert-OH is 1. The third kappa shape index (κ3) is 5.04. The summed E-state index contributed by atoms with van der Waals surface area (Å²) in [4.78, 5) is 17.6. The van der Waals surface area contributed by atoms with Crippen LogP contribution in [0.4, 0.5) is 0 Å². The van der Waals surface area contributed by atoms with E-state index in [1.807, 2.05) is 50.4 Å². The predicted molar refractivity (Wildman–Crippen MR) is 210 cm³/mol. The molecule has 2 aromatic carbocycles. The number of fused-ring (bicyclic) bond motifs is 7. The molecule has 13 atom stereocenters. The van der Waals surface area contributed by atoms with Crippen molar-refractivity contribution in [3.63, 3.8) is 0 Å². The fourth-order valence-corrected chi connectivity index (χ4v) is 13.6. The highest BCUT2D eigenvalue weighted by atomic mass is 16.6. The lowest BCUT2D eigenvalue weighted by atomic mass is 9.33. The zero-order valence-corrected chi connectivity index (χ0v) is 34.1. The number of carbonyl (C=O) groups is 1. The maximum atomic E-state index is 12.4. The van der Waals surface area contributed by atoms with E-state index >= 15 is 0 Å². The summed E-state index contributed by atoms with van der Waals surface area (Å²) in [6.07, 6.45) is 9.89. The summed E-state index contributed by atoms with van der Waals surface area (Å²) in [5, 5.41) is 32.7. The molecule has 5 aliphatic carbocycles. The van der Waals surface area contributed by atoms with Crippen LogP contribution < -0.4 is 4.74 Å². The van der Waals surface area contributed by atoms with Gasteiger partial charge in [-0.2, -0.15) is 0 Å². The number of aromatic hydroxyl groups is 1. The predicted octanol–water partition coefficient (Wildman–Crippen LogP) is 5.33. The van der Waals surface area contributed by atoms with E-state index in [4.69, 9.17) is 18.9 Å². The second-order valence-electron chi connectivity index (χ2n) is 20.3. The summed E-state index contributed by atoms with van der Waals surface area (Å²) in [5.41, 5.74) is 1.59. The number of phenolic OH excluding ortho intramolecular Hbond substituents is 1. The number of hydrogen-bond donors (Lipinski definition) is 3. The van der Waals surface area contributed by atoms with Crippen molar-refractivity contribution in [1.29, 1.82) is 0 Å². The van der Waals surface area contributed by atoms with E-state index in [1.54, 1.807) is 0 Å². The van der Waals surface area contributed by atoms with Crippen LogP contribution in [-0.2, 0) is 30.8 Å². The quantitative estimate of drug-likeness (QED) is 0.240. The highest BCUT2D eigenvalue weighted by molar-refractivity contribution is 5.78. The topological polar surface area (TPSA) is 124 Å². The molecule has 3 N–H and O–H groups in total. The van der Waals surface area contributed by atoms with Crippen molar-refractivity contribution in [2.24, 2.45) is 22.7 Å². The van der Waals surface area contributed by atoms with Crippen molar-refractivity contribution in [1.82, 2.24) is 9.80 Å². The van der Waals surface area contributed by atoms with Gasteiger partial charge in [0.2, 0.25) is 0 Å². The first-order valence-electron chi connectivity index (χ1n) is 21.5. The Morgan fingerprint density at radius 3 is 2.38 bits per heavy atom. The molecule has 6 bridgehead atoms. The number of aliphatic hydroxyl groups is 2. The number of hydrogen-bond acceptors (Lipinski definition) is 10. The molecule has 10 nitrogen and oxygen atoms in total. The first-order chi connectivity index (χ1) is 26.7. The number of piperidine rings is 2. The van der Waals surface area contributed by atoms with Crippen LogP contribution >= 0.6 is 0 Å². The van der Waals surface area contributed by atoms with Crippen LogP contribution in [0.25, 0.3) is 0 Å². The van der Waals surface area contributed by atoms with Gasteiger partial charge in [-0.15, -0.1) is 0 Å². The van der Waals surface area contributed by atoms with Crippen LogP contribution in [0, 0.1) is 22.7 Å². The molecule has 56 heavy (non-hydrogen) atoms. The largest absolute Gasteiger partial charge is 0.504 e. The fraction of sp³-hybridized carbons (Fsp3) is 0.717. The van der Waals surface area contributed by atoms with Crippen molar-refractivity contribution in [3.05, 3.63) is 59.2 Å². The van der Waals surface area contributed by atoms with Crippen LogP contribution in [0.1, 0.15) is 102 Å². The molecule has 5 heterocycles. The van der Waals surface area contributed by atoms with Crippen molar-refractivity contribution < 1.29 is 39.1 Å². The van der Waals surface area contributed by atoms with Crippen molar-refractivity contribution in [3.8, 4) is 11.5 Å². The molecule has 10 heteroatoms. The van der Waals surface area contributed by atoms with Crippen LogP contribution in [0.15, 0.2) is 42.5 Å². The molecule has 0 unspecified atom stereocenters. The van der Waals surface area contributed by atoms with E-state index in [0.29, 0.717) is 36.1 Å². The summed E-state index contributed by atoms with van der Waals surface area (Å²) in [7, 11) is 3.96. The fourth-order valence-electron chi connectivity index (χ4n) is 13.6. The minimum Gasteiger partial charge on any atom is -0.504 e. The van der Waals surface area contributed by atoms with Gasteiger partial charge in [0.1, 0.15) is 35.9 Å². The number of morpholine rings is 1. The molecule has 0 amide bonds. The lowest BCUT2D eigenvalue weighted by Gasteiger charge is -2.75. The molecule has 8 fully saturated rings. The number of rotatable bonds is 8. The maximum absolute atomic E-state index is 12.4. The average molecular weight is 771 g/mol. The molecule has 4 saturated carbocycles. The molecule has 0 radical (unpaired) electrons. The molecule has 304 valence electrons. The minimum atomic E-state index is -0.909. The Morgan fingerprint density at radius 1 is 1.02 bits per heavy atom. The van der Waals surface area contributed by atoms with Gasteiger partial charge in [-0.25, -0.2) is 0 Å². The molecule has 5 aliphatic heterocycles. The van der Waals surface area contributed by atoms with Crippen LogP contribution in [0.3, 0.4) is 0 Å². The number of likely N-dealkylation sites (N-methyl/N-ethyl adjacent to an activating group) is 1. The van der Waals surface area contributed by atoms with Crippen LogP contribution in [0.2, 0.25) is 0 Å².